The van der Waals surface area contributed by atoms with Crippen LogP contribution in [0.25, 0.3) is 117 Å². The zero-order valence-corrected chi connectivity index (χ0v) is 38.2. The third-order valence-electron chi connectivity index (χ3n) is 12.4. The fraction of sp³-hybridized carbons (Fsp3) is 0.0312. The lowest BCUT2D eigenvalue weighted by Crippen LogP contribution is -1.94. The van der Waals surface area contributed by atoms with Gasteiger partial charge in [0.2, 0.25) is 11.8 Å². The van der Waals surface area contributed by atoms with Crippen molar-refractivity contribution < 1.29 is 4.42 Å². The highest BCUT2D eigenvalue weighted by Crippen LogP contribution is 2.42. The van der Waals surface area contributed by atoms with Gasteiger partial charge >= 0.3 is 0 Å². The van der Waals surface area contributed by atoms with Crippen LogP contribution in [0.4, 0.5) is 0 Å². The maximum atomic E-state index is 6.08. The van der Waals surface area contributed by atoms with Crippen molar-refractivity contribution in [2.75, 3.05) is 0 Å². The molecule has 0 fully saturated rings. The summed E-state index contributed by atoms with van der Waals surface area (Å²) >= 11 is 0. The molecule has 0 aliphatic heterocycles. The second kappa shape index (κ2) is 19.3. The number of fused-ring (bicyclic) bond motifs is 4. The first-order valence-electron chi connectivity index (χ1n) is 22.9. The van der Waals surface area contributed by atoms with Gasteiger partial charge in [-0.3, -0.25) is 0 Å². The molecule has 0 bridgehead atoms. The molecule has 0 spiro atoms. The first-order chi connectivity index (χ1) is 33.6. The van der Waals surface area contributed by atoms with Gasteiger partial charge < -0.3 is 8.98 Å². The lowest BCUT2D eigenvalue weighted by Gasteiger charge is -2.15. The number of hydrogen-bond donors (Lipinski definition) is 0. The van der Waals surface area contributed by atoms with Crippen LogP contribution in [0.15, 0.2) is 254 Å². The van der Waals surface area contributed by atoms with Crippen LogP contribution in [-0.2, 0) is 0 Å². The van der Waals surface area contributed by atoms with E-state index in [-0.39, 0.29) is 0 Å². The molecule has 11 rings (SSSR count). The Morgan fingerprint density at radius 2 is 0.882 bits per heavy atom. The summed E-state index contributed by atoms with van der Waals surface area (Å²) in [5, 5.41) is 13.6. The number of rotatable bonds is 10. The Balaban J connectivity index is 0.00000175. The third kappa shape index (κ3) is 8.32. The number of benzene rings is 9. The van der Waals surface area contributed by atoms with Gasteiger partial charge in [0.05, 0.1) is 11.0 Å². The average Bonchev–Trinajstić information content (AvgIpc) is 4.03. The summed E-state index contributed by atoms with van der Waals surface area (Å²) in [6.45, 7) is 11.3. The topological polar surface area (TPSA) is 43.9 Å². The number of allylic oxidation sites excluding steroid dienone is 6. The van der Waals surface area contributed by atoms with E-state index < -0.39 is 0 Å². The molecule has 0 aliphatic rings. The van der Waals surface area contributed by atoms with E-state index in [1.807, 2.05) is 49.4 Å². The highest BCUT2D eigenvalue weighted by Gasteiger charge is 2.18. The van der Waals surface area contributed by atoms with Crippen LogP contribution >= 0.6 is 0 Å². The number of hydrogen-bond acceptors (Lipinski definition) is 3. The van der Waals surface area contributed by atoms with Gasteiger partial charge in [-0.2, -0.15) is 0 Å². The Morgan fingerprint density at radius 1 is 0.426 bits per heavy atom. The molecule has 0 saturated carbocycles. The summed E-state index contributed by atoms with van der Waals surface area (Å²) in [6.07, 6.45) is 9.87. The summed E-state index contributed by atoms with van der Waals surface area (Å²) in [5.41, 5.74) is 16.8. The average molecular weight is 876 g/mol. The largest absolute Gasteiger partial charge is 0.416 e. The second-order valence-corrected chi connectivity index (χ2v) is 16.6. The highest BCUT2D eigenvalue weighted by atomic mass is 16.4. The van der Waals surface area contributed by atoms with Gasteiger partial charge in [-0.05, 0) is 135 Å². The van der Waals surface area contributed by atoms with E-state index in [1.165, 1.54) is 43.8 Å². The maximum absolute atomic E-state index is 6.08. The summed E-state index contributed by atoms with van der Waals surface area (Å²) in [4.78, 5) is 0. The molecule has 11 aromatic rings. The van der Waals surface area contributed by atoms with Crippen LogP contribution in [0.5, 0.6) is 0 Å². The normalized spacial score (nSPS) is 11.5. The Hall–Kier alpha value is -8.86. The molecule has 68 heavy (non-hydrogen) atoms. The van der Waals surface area contributed by atoms with Gasteiger partial charge in [0, 0.05) is 27.6 Å². The van der Waals surface area contributed by atoms with Crippen molar-refractivity contribution >= 4 is 38.3 Å². The predicted molar refractivity (Wildman–Crippen MR) is 288 cm³/mol. The Morgan fingerprint density at radius 3 is 1.51 bits per heavy atom. The molecule has 4 nitrogen and oxygen atoms in total. The summed E-state index contributed by atoms with van der Waals surface area (Å²) < 4.78 is 8.45. The van der Waals surface area contributed by atoms with Crippen molar-refractivity contribution in [3.8, 4) is 78.5 Å². The molecule has 0 atom stereocenters. The minimum atomic E-state index is 0.492. The van der Waals surface area contributed by atoms with Gasteiger partial charge in [-0.15, -0.1) is 16.8 Å². The molecule has 0 radical (unpaired) electrons. The van der Waals surface area contributed by atoms with E-state index in [2.05, 4.69) is 223 Å². The first kappa shape index (κ1) is 43.1. The van der Waals surface area contributed by atoms with E-state index in [9.17, 15) is 0 Å². The standard InChI is InChI=1S/C61H43N3O.C3H6/c1-3-5-20-49(4-2)64-58-37-35-47(41-27-29-43(30-28-41)51-26-15-19-42-16-9-10-21-50(42)51)39-56(58)57-40-48(36-38-59(57)64)53-23-12-14-25-55(53)54-24-13-11-22-52(54)44-31-33-46(34-32-44)61-63-62-60(65-61)45-17-7-6-8-18-45;1-3-2/h3-40H,1H2,2H3;3H,1H2,2H3/b20-5-,49-4+;. The van der Waals surface area contributed by atoms with Gasteiger partial charge in [-0.1, -0.05) is 189 Å². The molecular formula is C64H49N3O. The minimum absolute atomic E-state index is 0.492. The molecule has 0 N–H and O–H groups in total. The molecule has 9 aromatic carbocycles. The van der Waals surface area contributed by atoms with Crippen LogP contribution in [0.1, 0.15) is 13.8 Å². The molecule has 0 aliphatic carbocycles. The van der Waals surface area contributed by atoms with E-state index in [1.54, 1.807) is 6.08 Å². The molecule has 0 amide bonds. The van der Waals surface area contributed by atoms with Gasteiger partial charge in [0.25, 0.3) is 0 Å². The van der Waals surface area contributed by atoms with E-state index in [4.69, 9.17) is 4.42 Å². The molecule has 0 saturated heterocycles. The number of aromatic nitrogens is 3. The smallest absolute Gasteiger partial charge is 0.248 e. The Kier molecular flexibility index (Phi) is 12.2. The van der Waals surface area contributed by atoms with E-state index in [0.29, 0.717) is 11.8 Å². The minimum Gasteiger partial charge on any atom is -0.416 e. The Bertz CT molecular complexity index is 3660. The lowest BCUT2D eigenvalue weighted by atomic mass is 9.89. The monoisotopic (exact) mass is 875 g/mol. The third-order valence-corrected chi connectivity index (χ3v) is 12.4. The maximum Gasteiger partial charge on any atom is 0.248 e. The van der Waals surface area contributed by atoms with Crippen molar-refractivity contribution in [2.45, 2.75) is 13.8 Å². The molecular weight excluding hydrogens is 827 g/mol. The van der Waals surface area contributed by atoms with Crippen molar-refractivity contribution in [3.05, 3.63) is 250 Å². The SMILES string of the molecule is C=C/C=C\C(=C/C)n1c2ccc(-c3ccc(-c4cccc5ccccc45)cc3)cc2c2cc(-c3ccccc3-c3ccccc3-c3ccc(-c4nnc(-c5ccccc5)o4)cc3)ccc21.C=CC. The van der Waals surface area contributed by atoms with Crippen LogP contribution in [0, 0.1) is 0 Å². The fourth-order valence-corrected chi connectivity index (χ4v) is 9.20. The van der Waals surface area contributed by atoms with Crippen LogP contribution in [0.3, 0.4) is 0 Å². The van der Waals surface area contributed by atoms with Crippen LogP contribution in [0.2, 0.25) is 0 Å². The second-order valence-electron chi connectivity index (χ2n) is 16.6. The highest BCUT2D eigenvalue weighted by molar-refractivity contribution is 6.13. The molecule has 0 unspecified atom stereocenters. The van der Waals surface area contributed by atoms with E-state index in [0.717, 1.165) is 61.2 Å². The fourth-order valence-electron chi connectivity index (χ4n) is 9.20. The molecule has 2 aromatic heterocycles. The summed E-state index contributed by atoms with van der Waals surface area (Å²) in [7, 11) is 0. The Labute approximate surface area is 397 Å². The molecule has 2 heterocycles. The van der Waals surface area contributed by atoms with Crippen LogP contribution < -0.4 is 0 Å². The molecule has 326 valence electrons. The van der Waals surface area contributed by atoms with Crippen LogP contribution in [-0.4, -0.2) is 14.8 Å². The van der Waals surface area contributed by atoms with Crippen molar-refractivity contribution in [1.82, 2.24) is 14.8 Å². The van der Waals surface area contributed by atoms with E-state index >= 15 is 0 Å². The number of nitrogens with zero attached hydrogens (tertiary/aromatic N) is 3. The van der Waals surface area contributed by atoms with Gasteiger partial charge in [-0.25, -0.2) is 0 Å². The van der Waals surface area contributed by atoms with Crippen molar-refractivity contribution in [3.63, 3.8) is 0 Å². The summed E-state index contributed by atoms with van der Waals surface area (Å²) in [6, 6.07) is 73.5. The quantitative estimate of drug-likeness (QED) is 0.102. The zero-order chi connectivity index (χ0) is 46.4. The lowest BCUT2D eigenvalue weighted by molar-refractivity contribution is 0.584. The summed E-state index contributed by atoms with van der Waals surface area (Å²) in [5.74, 6) is 0.996. The van der Waals surface area contributed by atoms with Gasteiger partial charge in [0.15, 0.2) is 0 Å². The predicted octanol–water partition coefficient (Wildman–Crippen LogP) is 17.8. The zero-order valence-electron chi connectivity index (χ0n) is 38.2. The van der Waals surface area contributed by atoms with Gasteiger partial charge in [0.1, 0.15) is 0 Å². The first-order valence-corrected chi connectivity index (χ1v) is 22.9. The molecule has 4 heteroatoms. The van der Waals surface area contributed by atoms with Crippen molar-refractivity contribution in [2.24, 2.45) is 0 Å². The van der Waals surface area contributed by atoms with Crippen molar-refractivity contribution in [1.29, 1.82) is 0 Å².